The summed E-state index contributed by atoms with van der Waals surface area (Å²) in [6, 6.07) is 14.8. The van der Waals surface area contributed by atoms with Gasteiger partial charge in [-0.3, -0.25) is 4.79 Å². The zero-order chi connectivity index (χ0) is 17.1. The molecule has 2 aromatic carbocycles. The molecule has 0 spiro atoms. The first-order valence-corrected chi connectivity index (χ1v) is 8.17. The quantitative estimate of drug-likeness (QED) is 0.721. The van der Waals surface area contributed by atoms with Gasteiger partial charge in [0.05, 0.1) is 11.9 Å². The third kappa shape index (κ3) is 3.69. The smallest absolute Gasteiger partial charge is 0.277 e. The zero-order valence-electron chi connectivity index (χ0n) is 13.0. The molecule has 1 atom stereocenters. The van der Waals surface area contributed by atoms with E-state index >= 15 is 0 Å². The van der Waals surface area contributed by atoms with Crippen LogP contribution in [0.5, 0.6) is 0 Å². The fourth-order valence-corrected chi connectivity index (χ4v) is 2.43. The van der Waals surface area contributed by atoms with Crippen molar-refractivity contribution in [2.45, 2.75) is 13.0 Å². The Labute approximate surface area is 147 Å². The number of benzene rings is 2. The van der Waals surface area contributed by atoms with Gasteiger partial charge in [0.15, 0.2) is 5.69 Å². The van der Waals surface area contributed by atoms with Crippen LogP contribution in [0, 0.1) is 0 Å². The van der Waals surface area contributed by atoms with Gasteiger partial charge in [0.2, 0.25) is 0 Å². The number of nitrogens with two attached hydrogens (primary N) is 1. The lowest BCUT2D eigenvalue weighted by atomic mass is 10.1. The van der Waals surface area contributed by atoms with Crippen molar-refractivity contribution in [3.8, 4) is 5.69 Å². The molecule has 7 heteroatoms. The molecule has 0 aliphatic heterocycles. The highest BCUT2D eigenvalue weighted by Crippen LogP contribution is 2.16. The summed E-state index contributed by atoms with van der Waals surface area (Å²) >= 11 is 3.38. The van der Waals surface area contributed by atoms with Crippen molar-refractivity contribution in [3.05, 3.63) is 70.5 Å². The highest BCUT2D eigenvalue weighted by Gasteiger charge is 2.12. The molecule has 0 bridgehead atoms. The van der Waals surface area contributed by atoms with E-state index in [1.807, 2.05) is 55.5 Å². The zero-order valence-corrected chi connectivity index (χ0v) is 14.6. The average Bonchev–Trinajstić information content (AvgIpc) is 3.06. The standard InChI is InChI=1S/C17H16BrN5O/c1-11(19)12-3-2-4-14(9-12)21-17(24)16-10-20-23(22-16)15-7-5-13(18)6-8-15/h2-11H,19H2,1H3,(H,21,24)/t11-/m1/s1. The number of aromatic nitrogens is 3. The van der Waals surface area contributed by atoms with Crippen molar-refractivity contribution in [3.63, 3.8) is 0 Å². The first-order valence-electron chi connectivity index (χ1n) is 7.38. The number of halogens is 1. The van der Waals surface area contributed by atoms with Crippen LogP contribution in [0.15, 0.2) is 59.2 Å². The van der Waals surface area contributed by atoms with Gasteiger partial charge >= 0.3 is 0 Å². The Kier molecular flexibility index (Phi) is 4.73. The Morgan fingerprint density at radius 1 is 1.25 bits per heavy atom. The molecule has 0 radical (unpaired) electrons. The molecule has 0 saturated carbocycles. The van der Waals surface area contributed by atoms with Crippen LogP contribution in [-0.2, 0) is 0 Å². The van der Waals surface area contributed by atoms with E-state index in [2.05, 4.69) is 31.4 Å². The Morgan fingerprint density at radius 3 is 2.71 bits per heavy atom. The Balaban J connectivity index is 1.76. The Morgan fingerprint density at radius 2 is 2.00 bits per heavy atom. The van der Waals surface area contributed by atoms with Gasteiger partial charge in [-0.1, -0.05) is 28.1 Å². The maximum atomic E-state index is 12.3. The van der Waals surface area contributed by atoms with Gasteiger partial charge in [0.25, 0.3) is 5.91 Å². The monoisotopic (exact) mass is 385 g/mol. The largest absolute Gasteiger partial charge is 0.324 e. The van der Waals surface area contributed by atoms with Crippen LogP contribution in [0.4, 0.5) is 5.69 Å². The van der Waals surface area contributed by atoms with Crippen LogP contribution >= 0.6 is 15.9 Å². The highest BCUT2D eigenvalue weighted by molar-refractivity contribution is 9.10. The number of rotatable bonds is 4. The fraction of sp³-hybridized carbons (Fsp3) is 0.118. The predicted octanol–water partition coefficient (Wildman–Crippen LogP) is 3.30. The van der Waals surface area contributed by atoms with Crippen LogP contribution in [-0.4, -0.2) is 20.9 Å². The molecule has 6 nitrogen and oxygen atoms in total. The Bertz CT molecular complexity index is 857. The molecule has 3 N–H and O–H groups in total. The second-order valence-electron chi connectivity index (χ2n) is 5.36. The number of anilines is 1. The molecule has 0 unspecified atom stereocenters. The van der Waals surface area contributed by atoms with E-state index in [-0.39, 0.29) is 17.6 Å². The lowest BCUT2D eigenvalue weighted by Gasteiger charge is -2.08. The molecular formula is C17H16BrN5O. The average molecular weight is 386 g/mol. The first kappa shape index (κ1) is 16.4. The molecule has 3 rings (SSSR count). The summed E-state index contributed by atoms with van der Waals surface area (Å²) in [5.74, 6) is -0.319. The van der Waals surface area contributed by atoms with Crippen molar-refractivity contribution < 1.29 is 4.79 Å². The van der Waals surface area contributed by atoms with Gasteiger partial charge < -0.3 is 11.1 Å². The first-order chi connectivity index (χ1) is 11.5. The molecule has 1 aromatic heterocycles. The summed E-state index contributed by atoms with van der Waals surface area (Å²) in [5, 5.41) is 11.2. The van der Waals surface area contributed by atoms with Crippen molar-refractivity contribution in [2.24, 2.45) is 5.73 Å². The van der Waals surface area contributed by atoms with E-state index in [0.717, 1.165) is 15.7 Å². The minimum Gasteiger partial charge on any atom is -0.324 e. The van der Waals surface area contributed by atoms with E-state index in [0.29, 0.717) is 5.69 Å². The SMILES string of the molecule is C[C@@H](N)c1cccc(NC(=O)c2cnn(-c3ccc(Br)cc3)n2)c1. The molecule has 0 aliphatic carbocycles. The van der Waals surface area contributed by atoms with E-state index in [1.54, 1.807) is 0 Å². The maximum Gasteiger partial charge on any atom is 0.277 e. The molecule has 0 aliphatic rings. The maximum absolute atomic E-state index is 12.3. The number of carbonyl (C=O) groups is 1. The molecule has 3 aromatic rings. The molecule has 0 fully saturated rings. The molecular weight excluding hydrogens is 370 g/mol. The van der Waals surface area contributed by atoms with E-state index in [9.17, 15) is 4.79 Å². The molecule has 24 heavy (non-hydrogen) atoms. The van der Waals surface area contributed by atoms with Gasteiger partial charge in [-0.15, -0.1) is 5.10 Å². The number of hydrogen-bond donors (Lipinski definition) is 2. The molecule has 0 saturated heterocycles. The second-order valence-corrected chi connectivity index (χ2v) is 6.28. The van der Waals surface area contributed by atoms with Gasteiger partial charge in [0.1, 0.15) is 0 Å². The summed E-state index contributed by atoms with van der Waals surface area (Å²) in [4.78, 5) is 13.7. The van der Waals surface area contributed by atoms with Crippen molar-refractivity contribution in [1.82, 2.24) is 15.0 Å². The van der Waals surface area contributed by atoms with Gasteiger partial charge in [-0.05, 0) is 48.9 Å². The summed E-state index contributed by atoms with van der Waals surface area (Å²) < 4.78 is 0.963. The van der Waals surface area contributed by atoms with E-state index in [4.69, 9.17) is 5.73 Å². The summed E-state index contributed by atoms with van der Waals surface area (Å²) in [5.41, 5.74) is 8.50. The normalized spacial score (nSPS) is 12.0. The lowest BCUT2D eigenvalue weighted by Crippen LogP contribution is -2.14. The predicted molar refractivity (Wildman–Crippen MR) is 96.1 cm³/mol. The van der Waals surface area contributed by atoms with Crippen LogP contribution in [0.3, 0.4) is 0 Å². The minimum atomic E-state index is -0.319. The number of nitrogens with zero attached hydrogens (tertiary/aromatic N) is 3. The summed E-state index contributed by atoms with van der Waals surface area (Å²) in [6.07, 6.45) is 1.44. The molecule has 122 valence electrons. The van der Waals surface area contributed by atoms with Crippen LogP contribution < -0.4 is 11.1 Å². The molecule has 1 heterocycles. The number of nitrogens with one attached hydrogen (secondary N) is 1. The van der Waals surface area contributed by atoms with Gasteiger partial charge in [0, 0.05) is 16.2 Å². The number of amides is 1. The van der Waals surface area contributed by atoms with E-state index < -0.39 is 0 Å². The van der Waals surface area contributed by atoms with Crippen LogP contribution in [0.25, 0.3) is 5.69 Å². The fourth-order valence-electron chi connectivity index (χ4n) is 2.16. The topological polar surface area (TPSA) is 85.8 Å². The summed E-state index contributed by atoms with van der Waals surface area (Å²) in [7, 11) is 0. The van der Waals surface area contributed by atoms with Gasteiger partial charge in [-0.2, -0.15) is 9.90 Å². The van der Waals surface area contributed by atoms with E-state index in [1.165, 1.54) is 11.0 Å². The third-order valence-corrected chi connectivity index (χ3v) is 3.98. The number of hydrogen-bond acceptors (Lipinski definition) is 4. The van der Waals surface area contributed by atoms with Crippen LogP contribution in [0.1, 0.15) is 29.0 Å². The lowest BCUT2D eigenvalue weighted by molar-refractivity contribution is 0.102. The number of carbonyl (C=O) groups excluding carboxylic acids is 1. The molecule has 1 amide bonds. The minimum absolute atomic E-state index is 0.0971. The summed E-state index contributed by atoms with van der Waals surface area (Å²) in [6.45, 7) is 1.89. The Hall–Kier alpha value is -2.51. The highest BCUT2D eigenvalue weighted by atomic mass is 79.9. The van der Waals surface area contributed by atoms with Gasteiger partial charge in [-0.25, -0.2) is 0 Å². The van der Waals surface area contributed by atoms with Crippen LogP contribution in [0.2, 0.25) is 0 Å². The van der Waals surface area contributed by atoms with Crippen molar-refractivity contribution in [2.75, 3.05) is 5.32 Å². The third-order valence-electron chi connectivity index (χ3n) is 3.45. The van der Waals surface area contributed by atoms with Crippen molar-refractivity contribution >= 4 is 27.5 Å². The second kappa shape index (κ2) is 6.94. The van der Waals surface area contributed by atoms with Crippen molar-refractivity contribution in [1.29, 1.82) is 0 Å².